The minimum atomic E-state index is -0.834. The number of hydrogen-bond donors (Lipinski definition) is 2. The summed E-state index contributed by atoms with van der Waals surface area (Å²) in [7, 11) is 0. The second-order valence-electron chi connectivity index (χ2n) is 5.35. The summed E-state index contributed by atoms with van der Waals surface area (Å²) in [6, 6.07) is 12.5. The second-order valence-corrected chi connectivity index (χ2v) is 7.30. The van der Waals surface area contributed by atoms with Crippen molar-refractivity contribution in [2.24, 2.45) is 0 Å². The summed E-state index contributed by atoms with van der Waals surface area (Å²) >= 11 is 13.5. The van der Waals surface area contributed by atoms with Gasteiger partial charge >= 0.3 is 5.97 Å². The van der Waals surface area contributed by atoms with Gasteiger partial charge in [0.1, 0.15) is 18.4 Å². The van der Waals surface area contributed by atoms with Crippen molar-refractivity contribution in [3.05, 3.63) is 63.6 Å². The van der Waals surface area contributed by atoms with Gasteiger partial charge in [0.25, 0.3) is 0 Å². The Labute approximate surface area is 154 Å². The highest BCUT2D eigenvalue weighted by atomic mass is 35.5. The van der Waals surface area contributed by atoms with E-state index in [1.54, 1.807) is 23.9 Å². The zero-order chi connectivity index (χ0) is 17.1. The van der Waals surface area contributed by atoms with Crippen LogP contribution < -0.4 is 10.1 Å². The summed E-state index contributed by atoms with van der Waals surface area (Å²) in [5.41, 5.74) is 1.85. The Kier molecular flexibility index (Phi) is 5.56. The predicted molar refractivity (Wildman–Crippen MR) is 97.0 cm³/mol. The van der Waals surface area contributed by atoms with Crippen LogP contribution in [-0.4, -0.2) is 22.9 Å². The van der Waals surface area contributed by atoms with E-state index in [1.807, 2.05) is 30.3 Å². The molecule has 0 aromatic heterocycles. The normalized spacial score (nSPS) is 20.1. The molecule has 4 nitrogen and oxygen atoms in total. The Morgan fingerprint density at radius 2 is 2.04 bits per heavy atom. The Morgan fingerprint density at radius 3 is 2.75 bits per heavy atom. The molecule has 1 saturated heterocycles. The Hall–Kier alpha value is -1.40. The molecular weight excluding hydrogens is 369 g/mol. The molecule has 0 spiro atoms. The maximum atomic E-state index is 11.1. The Balaban J connectivity index is 1.72. The molecule has 2 N–H and O–H groups in total. The van der Waals surface area contributed by atoms with E-state index in [0.717, 1.165) is 16.9 Å². The standard InChI is InChI=1S/C17H15Cl2NO3S/c18-12-6-5-10(7-13(12)19)8-23-15-4-2-1-3-11(15)16-20-14(9-24-16)17(21)22/h1-7,14,16,20H,8-9H2,(H,21,22). The van der Waals surface area contributed by atoms with Gasteiger partial charge in [-0.05, 0) is 23.8 Å². The SMILES string of the molecule is O=C(O)C1CSC(c2ccccc2OCc2ccc(Cl)c(Cl)c2)N1. The van der Waals surface area contributed by atoms with E-state index < -0.39 is 12.0 Å². The molecule has 0 radical (unpaired) electrons. The molecule has 2 unspecified atom stereocenters. The summed E-state index contributed by atoms with van der Waals surface area (Å²) in [6.07, 6.45) is 0. The van der Waals surface area contributed by atoms with Gasteiger partial charge in [-0.2, -0.15) is 0 Å². The lowest BCUT2D eigenvalue weighted by Crippen LogP contribution is -2.33. The predicted octanol–water partition coefficient (Wildman–Crippen LogP) is 4.36. The van der Waals surface area contributed by atoms with E-state index in [-0.39, 0.29) is 5.37 Å². The largest absolute Gasteiger partial charge is 0.489 e. The van der Waals surface area contributed by atoms with Crippen LogP contribution in [0.1, 0.15) is 16.5 Å². The number of hydrogen-bond acceptors (Lipinski definition) is 4. The van der Waals surface area contributed by atoms with Crippen LogP contribution in [0.25, 0.3) is 0 Å². The van der Waals surface area contributed by atoms with Crippen LogP contribution in [0.3, 0.4) is 0 Å². The Morgan fingerprint density at radius 1 is 1.25 bits per heavy atom. The average molecular weight is 384 g/mol. The number of carbonyl (C=O) groups is 1. The molecule has 1 fully saturated rings. The summed E-state index contributed by atoms with van der Waals surface area (Å²) in [5.74, 6) is 0.417. The quantitative estimate of drug-likeness (QED) is 0.802. The zero-order valence-electron chi connectivity index (χ0n) is 12.5. The summed E-state index contributed by atoms with van der Waals surface area (Å²) in [5, 5.41) is 13.1. The van der Waals surface area contributed by atoms with Crippen LogP contribution in [-0.2, 0) is 11.4 Å². The van der Waals surface area contributed by atoms with Crippen LogP contribution in [0.5, 0.6) is 5.75 Å². The molecular formula is C17H15Cl2NO3S. The van der Waals surface area contributed by atoms with Crippen LogP contribution >= 0.6 is 35.0 Å². The summed E-state index contributed by atoms with van der Waals surface area (Å²) < 4.78 is 5.92. The number of carboxylic acids is 1. The maximum Gasteiger partial charge on any atom is 0.321 e. The van der Waals surface area contributed by atoms with E-state index in [2.05, 4.69) is 5.32 Å². The smallest absolute Gasteiger partial charge is 0.321 e. The second kappa shape index (κ2) is 7.66. The molecule has 1 aliphatic heterocycles. The van der Waals surface area contributed by atoms with E-state index in [0.29, 0.717) is 22.4 Å². The Bertz CT molecular complexity index is 756. The van der Waals surface area contributed by atoms with Gasteiger partial charge in [0.15, 0.2) is 0 Å². The van der Waals surface area contributed by atoms with Gasteiger partial charge in [-0.1, -0.05) is 47.5 Å². The van der Waals surface area contributed by atoms with Gasteiger partial charge in [-0.3, -0.25) is 10.1 Å². The third kappa shape index (κ3) is 3.98. The molecule has 1 aliphatic rings. The number of para-hydroxylation sites is 1. The van der Waals surface area contributed by atoms with Gasteiger partial charge in [-0.25, -0.2) is 0 Å². The van der Waals surface area contributed by atoms with E-state index in [9.17, 15) is 4.79 Å². The van der Waals surface area contributed by atoms with Gasteiger partial charge < -0.3 is 9.84 Å². The highest BCUT2D eigenvalue weighted by Gasteiger charge is 2.31. The lowest BCUT2D eigenvalue weighted by atomic mass is 10.2. The van der Waals surface area contributed by atoms with Crippen molar-refractivity contribution < 1.29 is 14.6 Å². The molecule has 0 saturated carbocycles. The van der Waals surface area contributed by atoms with Crippen molar-refractivity contribution in [2.75, 3.05) is 5.75 Å². The highest BCUT2D eigenvalue weighted by molar-refractivity contribution is 7.99. The number of aliphatic carboxylic acids is 1. The number of thioether (sulfide) groups is 1. The zero-order valence-corrected chi connectivity index (χ0v) is 14.9. The molecule has 1 heterocycles. The number of ether oxygens (including phenoxy) is 1. The molecule has 126 valence electrons. The molecule has 2 aromatic carbocycles. The molecule has 3 rings (SSSR count). The van der Waals surface area contributed by atoms with Crippen molar-refractivity contribution in [3.63, 3.8) is 0 Å². The molecule has 7 heteroatoms. The number of benzene rings is 2. The first-order chi connectivity index (χ1) is 11.5. The van der Waals surface area contributed by atoms with E-state index in [4.69, 9.17) is 33.0 Å². The monoisotopic (exact) mass is 383 g/mol. The van der Waals surface area contributed by atoms with Crippen molar-refractivity contribution >= 4 is 40.9 Å². The maximum absolute atomic E-state index is 11.1. The summed E-state index contributed by atoms with van der Waals surface area (Å²) in [6.45, 7) is 0.355. The molecule has 24 heavy (non-hydrogen) atoms. The lowest BCUT2D eigenvalue weighted by molar-refractivity contribution is -0.138. The van der Waals surface area contributed by atoms with Crippen molar-refractivity contribution in [2.45, 2.75) is 18.0 Å². The topological polar surface area (TPSA) is 58.6 Å². The molecule has 0 aliphatic carbocycles. The fraction of sp³-hybridized carbons (Fsp3) is 0.235. The fourth-order valence-electron chi connectivity index (χ4n) is 2.41. The van der Waals surface area contributed by atoms with Crippen molar-refractivity contribution in [3.8, 4) is 5.75 Å². The van der Waals surface area contributed by atoms with E-state index in [1.165, 1.54) is 0 Å². The van der Waals surface area contributed by atoms with Crippen LogP contribution in [0, 0.1) is 0 Å². The van der Waals surface area contributed by atoms with Gasteiger partial charge in [0, 0.05) is 11.3 Å². The van der Waals surface area contributed by atoms with Crippen molar-refractivity contribution in [1.82, 2.24) is 5.32 Å². The number of halogens is 2. The van der Waals surface area contributed by atoms with Crippen LogP contribution in [0.15, 0.2) is 42.5 Å². The first-order valence-electron chi connectivity index (χ1n) is 7.30. The molecule has 0 amide bonds. The van der Waals surface area contributed by atoms with E-state index >= 15 is 0 Å². The van der Waals surface area contributed by atoms with Gasteiger partial charge in [0.05, 0.1) is 15.4 Å². The van der Waals surface area contributed by atoms with Crippen LogP contribution in [0.2, 0.25) is 10.0 Å². The highest BCUT2D eigenvalue weighted by Crippen LogP contribution is 2.38. The first kappa shape index (κ1) is 17.4. The van der Waals surface area contributed by atoms with Gasteiger partial charge in [-0.15, -0.1) is 11.8 Å². The molecule has 0 bridgehead atoms. The third-order valence-corrected chi connectivity index (χ3v) is 5.65. The fourth-order valence-corrected chi connectivity index (χ4v) is 3.99. The minimum Gasteiger partial charge on any atom is -0.489 e. The summed E-state index contributed by atoms with van der Waals surface area (Å²) in [4.78, 5) is 11.1. The average Bonchev–Trinajstić information content (AvgIpc) is 3.06. The lowest BCUT2D eigenvalue weighted by Gasteiger charge is -2.17. The van der Waals surface area contributed by atoms with Crippen molar-refractivity contribution in [1.29, 1.82) is 0 Å². The van der Waals surface area contributed by atoms with Crippen LogP contribution in [0.4, 0.5) is 0 Å². The number of rotatable bonds is 5. The van der Waals surface area contributed by atoms with Gasteiger partial charge in [0.2, 0.25) is 0 Å². The minimum absolute atomic E-state index is 0.101. The third-order valence-electron chi connectivity index (χ3n) is 3.66. The first-order valence-corrected chi connectivity index (χ1v) is 9.11. The molecule has 2 atom stereocenters. The number of carboxylic acid groups (broad SMARTS) is 1. The molecule has 2 aromatic rings. The number of nitrogens with one attached hydrogen (secondary N) is 1.